The maximum absolute atomic E-state index is 13.1. The predicted octanol–water partition coefficient (Wildman–Crippen LogP) is 2.73. The zero-order valence-corrected chi connectivity index (χ0v) is 17.8. The Morgan fingerprint density at radius 1 is 1.06 bits per heavy atom. The van der Waals surface area contributed by atoms with Crippen LogP contribution < -0.4 is 4.90 Å². The third-order valence-electron chi connectivity index (χ3n) is 6.43. The molecule has 2 aliphatic heterocycles. The van der Waals surface area contributed by atoms with Gasteiger partial charge in [0, 0.05) is 36.9 Å². The Hall–Kier alpha value is -2.66. The van der Waals surface area contributed by atoms with Crippen molar-refractivity contribution in [3.63, 3.8) is 0 Å². The summed E-state index contributed by atoms with van der Waals surface area (Å²) in [6, 6.07) is 4.77. The molecule has 2 aliphatic rings. The topological polar surface area (TPSA) is 83.7 Å². The molecular formula is C20H22F2N6O2S. The SMILES string of the molecule is CS(=O)(=O)N1CCC2(CCN2c2cncc(-c3cnc4ccc(C(F)F)nn34)c2)CC1. The molecule has 0 aromatic carbocycles. The summed E-state index contributed by atoms with van der Waals surface area (Å²) in [7, 11) is -3.18. The van der Waals surface area contributed by atoms with Gasteiger partial charge in [-0.25, -0.2) is 31.0 Å². The largest absolute Gasteiger partial charge is 0.364 e. The van der Waals surface area contributed by atoms with E-state index in [0.717, 1.165) is 37.1 Å². The molecule has 0 bridgehead atoms. The predicted molar refractivity (Wildman–Crippen MR) is 112 cm³/mol. The van der Waals surface area contributed by atoms with E-state index in [2.05, 4.69) is 20.0 Å². The van der Waals surface area contributed by atoms with E-state index in [0.29, 0.717) is 24.4 Å². The molecule has 3 aromatic heterocycles. The van der Waals surface area contributed by atoms with Crippen LogP contribution in [0.4, 0.5) is 14.5 Å². The number of anilines is 1. The summed E-state index contributed by atoms with van der Waals surface area (Å²) in [6.45, 7) is 1.89. The molecule has 0 amide bonds. The number of nitrogens with zero attached hydrogens (tertiary/aromatic N) is 6. The second kappa shape index (κ2) is 7.20. The number of aromatic nitrogens is 4. The molecule has 2 fully saturated rings. The molecule has 1 spiro atoms. The number of halogens is 2. The molecule has 5 heterocycles. The van der Waals surface area contributed by atoms with Crippen molar-refractivity contribution in [2.75, 3.05) is 30.8 Å². The monoisotopic (exact) mass is 448 g/mol. The second-order valence-corrected chi connectivity index (χ2v) is 10.2. The Morgan fingerprint density at radius 2 is 1.81 bits per heavy atom. The van der Waals surface area contributed by atoms with E-state index in [1.54, 1.807) is 18.6 Å². The van der Waals surface area contributed by atoms with Crippen molar-refractivity contribution in [1.29, 1.82) is 0 Å². The molecule has 0 N–H and O–H groups in total. The number of hydrogen-bond donors (Lipinski definition) is 0. The first-order valence-electron chi connectivity index (χ1n) is 10.1. The van der Waals surface area contributed by atoms with Gasteiger partial charge >= 0.3 is 0 Å². The van der Waals surface area contributed by atoms with Crippen molar-refractivity contribution in [3.05, 3.63) is 42.5 Å². The van der Waals surface area contributed by atoms with E-state index < -0.39 is 16.4 Å². The molecular weight excluding hydrogens is 426 g/mol. The van der Waals surface area contributed by atoms with Gasteiger partial charge in [0.1, 0.15) is 5.69 Å². The standard InChI is InChI=1S/C20H22F2N6O2S/c1-31(29,30)26-7-4-20(5-8-26)6-9-27(20)15-10-14(11-23-12-15)17-13-24-18-3-2-16(19(21)22)25-28(17)18/h2-3,10-13,19H,4-9H2,1H3. The fourth-order valence-corrected chi connectivity index (χ4v) is 5.46. The number of alkyl halides is 2. The smallest absolute Gasteiger partial charge is 0.282 e. The summed E-state index contributed by atoms with van der Waals surface area (Å²) in [6.07, 6.45) is 6.18. The fourth-order valence-electron chi connectivity index (χ4n) is 4.61. The number of rotatable bonds is 4. The zero-order chi connectivity index (χ0) is 21.8. The molecule has 11 heteroatoms. The van der Waals surface area contributed by atoms with Crippen LogP contribution in [0, 0.1) is 0 Å². The summed E-state index contributed by atoms with van der Waals surface area (Å²) in [5.41, 5.74) is 2.36. The Labute approximate surface area is 178 Å². The van der Waals surface area contributed by atoms with Gasteiger partial charge in [0.2, 0.25) is 10.0 Å². The third kappa shape index (κ3) is 3.45. The van der Waals surface area contributed by atoms with E-state index >= 15 is 0 Å². The quantitative estimate of drug-likeness (QED) is 0.610. The second-order valence-electron chi connectivity index (χ2n) is 8.19. The normalized spacial score (nSPS) is 19.3. The van der Waals surface area contributed by atoms with Crippen LogP contribution in [0.25, 0.3) is 16.9 Å². The van der Waals surface area contributed by atoms with Crippen LogP contribution in [0.3, 0.4) is 0 Å². The highest BCUT2D eigenvalue weighted by atomic mass is 32.2. The van der Waals surface area contributed by atoms with Crippen LogP contribution in [0.2, 0.25) is 0 Å². The summed E-state index contributed by atoms with van der Waals surface area (Å²) >= 11 is 0. The molecule has 5 rings (SSSR count). The summed E-state index contributed by atoms with van der Waals surface area (Å²) in [5.74, 6) is 0. The van der Waals surface area contributed by atoms with Gasteiger partial charge in [0.25, 0.3) is 6.43 Å². The minimum atomic E-state index is -3.18. The molecule has 0 unspecified atom stereocenters. The molecule has 2 saturated heterocycles. The van der Waals surface area contributed by atoms with Gasteiger partial charge in [0.15, 0.2) is 5.65 Å². The van der Waals surface area contributed by atoms with E-state index in [1.807, 2.05) is 6.07 Å². The average Bonchev–Trinajstić information content (AvgIpc) is 3.16. The molecule has 0 aliphatic carbocycles. The molecule has 8 nitrogen and oxygen atoms in total. The highest BCUT2D eigenvalue weighted by molar-refractivity contribution is 7.88. The number of hydrogen-bond acceptors (Lipinski definition) is 6. The van der Waals surface area contributed by atoms with Gasteiger partial charge in [-0.1, -0.05) is 0 Å². The van der Waals surface area contributed by atoms with E-state index in [-0.39, 0.29) is 11.2 Å². The molecule has 0 saturated carbocycles. The van der Waals surface area contributed by atoms with E-state index in [9.17, 15) is 17.2 Å². The van der Waals surface area contributed by atoms with Crippen molar-refractivity contribution < 1.29 is 17.2 Å². The Balaban J connectivity index is 1.44. The molecule has 164 valence electrons. The first-order chi connectivity index (χ1) is 14.8. The number of imidazole rings is 1. The Bertz CT molecular complexity index is 1240. The highest BCUT2D eigenvalue weighted by Crippen LogP contribution is 2.43. The summed E-state index contributed by atoms with van der Waals surface area (Å²) in [5, 5.41) is 4.03. The Kier molecular flexibility index (Phi) is 4.70. The third-order valence-corrected chi connectivity index (χ3v) is 7.74. The number of piperidine rings is 1. The molecule has 0 radical (unpaired) electrons. The van der Waals surface area contributed by atoms with Crippen molar-refractivity contribution in [2.45, 2.75) is 31.2 Å². The van der Waals surface area contributed by atoms with Crippen LogP contribution >= 0.6 is 0 Å². The number of fused-ring (bicyclic) bond motifs is 1. The van der Waals surface area contributed by atoms with Gasteiger partial charge in [-0.2, -0.15) is 5.10 Å². The highest BCUT2D eigenvalue weighted by Gasteiger charge is 2.47. The minimum Gasteiger partial charge on any atom is -0.364 e. The molecule has 31 heavy (non-hydrogen) atoms. The van der Waals surface area contributed by atoms with Gasteiger partial charge in [-0.15, -0.1) is 0 Å². The lowest BCUT2D eigenvalue weighted by Crippen LogP contribution is -2.64. The van der Waals surface area contributed by atoms with E-state index in [1.165, 1.54) is 27.2 Å². The number of sulfonamides is 1. The maximum Gasteiger partial charge on any atom is 0.282 e. The van der Waals surface area contributed by atoms with Crippen LogP contribution in [0.1, 0.15) is 31.4 Å². The molecule has 3 aromatic rings. The first kappa shape index (κ1) is 20.3. The molecule has 0 atom stereocenters. The van der Waals surface area contributed by atoms with Gasteiger partial charge in [-0.3, -0.25) is 4.98 Å². The number of pyridine rings is 1. The lowest BCUT2D eigenvalue weighted by molar-refractivity contribution is 0.144. The fraction of sp³-hybridized carbons (Fsp3) is 0.450. The van der Waals surface area contributed by atoms with Crippen molar-refractivity contribution >= 4 is 21.4 Å². The van der Waals surface area contributed by atoms with Crippen LogP contribution in [0.5, 0.6) is 0 Å². The van der Waals surface area contributed by atoms with Crippen molar-refractivity contribution in [1.82, 2.24) is 23.9 Å². The van der Waals surface area contributed by atoms with E-state index in [4.69, 9.17) is 0 Å². The summed E-state index contributed by atoms with van der Waals surface area (Å²) < 4.78 is 52.9. The lowest BCUT2D eigenvalue weighted by atomic mass is 9.76. The van der Waals surface area contributed by atoms with Crippen molar-refractivity contribution in [3.8, 4) is 11.3 Å². The van der Waals surface area contributed by atoms with Gasteiger partial charge in [-0.05, 0) is 37.5 Å². The van der Waals surface area contributed by atoms with Gasteiger partial charge in [0.05, 0.1) is 30.0 Å². The van der Waals surface area contributed by atoms with Gasteiger partial charge < -0.3 is 4.90 Å². The summed E-state index contributed by atoms with van der Waals surface area (Å²) in [4.78, 5) is 10.9. The average molecular weight is 448 g/mol. The lowest BCUT2D eigenvalue weighted by Gasteiger charge is -2.57. The van der Waals surface area contributed by atoms with Crippen LogP contribution in [-0.4, -0.2) is 63.7 Å². The first-order valence-corrected chi connectivity index (χ1v) is 11.9. The van der Waals surface area contributed by atoms with Crippen LogP contribution in [0.15, 0.2) is 36.8 Å². The zero-order valence-electron chi connectivity index (χ0n) is 16.9. The Morgan fingerprint density at radius 3 is 2.45 bits per heavy atom. The maximum atomic E-state index is 13.1. The van der Waals surface area contributed by atoms with Crippen LogP contribution in [-0.2, 0) is 10.0 Å². The van der Waals surface area contributed by atoms with Crippen molar-refractivity contribution in [2.24, 2.45) is 0 Å². The minimum absolute atomic E-state index is 0.0674.